The van der Waals surface area contributed by atoms with Crippen molar-refractivity contribution in [3.05, 3.63) is 23.5 Å². The van der Waals surface area contributed by atoms with Gasteiger partial charge in [-0.3, -0.25) is 0 Å². The molecule has 0 saturated heterocycles. The molecule has 1 aromatic heterocycles. The minimum Gasteiger partial charge on any atom is -0.462 e. The zero-order chi connectivity index (χ0) is 14.7. The molecule has 5 heteroatoms. The van der Waals surface area contributed by atoms with Gasteiger partial charge in [0.15, 0.2) is 0 Å². The zero-order valence-electron chi connectivity index (χ0n) is 12.3. The minimum atomic E-state index is -0.357. The number of nitrogens with two attached hydrogens (primary N) is 1. The highest BCUT2D eigenvalue weighted by Gasteiger charge is 2.16. The molecule has 0 aliphatic heterocycles. The number of ether oxygens (including phenoxy) is 1. The number of hydrogen-bond donors (Lipinski definition) is 1. The summed E-state index contributed by atoms with van der Waals surface area (Å²) in [4.78, 5) is 16.4. The molecule has 0 atom stereocenters. The third-order valence-electron chi connectivity index (χ3n) is 3.22. The number of carbonyl (C=O) groups excluding carboxylic acids is 1. The molecule has 2 rings (SSSR count). The molecule has 2 N–H and O–H groups in total. The lowest BCUT2D eigenvalue weighted by atomic mass is 10.1. The summed E-state index contributed by atoms with van der Waals surface area (Å²) in [6, 6.07) is 3.43. The lowest BCUT2D eigenvalue weighted by Gasteiger charge is -2.08. The Balaban J connectivity index is 2.58. The topological polar surface area (TPSA) is 70.1 Å². The molecule has 108 valence electrons. The summed E-state index contributed by atoms with van der Waals surface area (Å²) < 4.78 is 7.15. The molecule has 1 aromatic carbocycles. The van der Waals surface area contributed by atoms with Crippen molar-refractivity contribution in [3.63, 3.8) is 0 Å². The van der Waals surface area contributed by atoms with Crippen LogP contribution in [0.15, 0.2) is 12.1 Å². The van der Waals surface area contributed by atoms with Crippen molar-refractivity contribution in [1.29, 1.82) is 0 Å². The molecular weight excluding hydrogens is 254 g/mol. The van der Waals surface area contributed by atoms with Gasteiger partial charge in [-0.25, -0.2) is 9.78 Å². The van der Waals surface area contributed by atoms with Crippen molar-refractivity contribution >= 4 is 22.7 Å². The Morgan fingerprint density at radius 2 is 2.10 bits per heavy atom. The summed E-state index contributed by atoms with van der Waals surface area (Å²) in [5, 5.41) is 0. The van der Waals surface area contributed by atoms with Crippen LogP contribution in [0.4, 0.5) is 5.69 Å². The smallest absolute Gasteiger partial charge is 0.338 e. The summed E-state index contributed by atoms with van der Waals surface area (Å²) in [7, 11) is 0. The second-order valence-electron chi connectivity index (χ2n) is 4.69. The maximum Gasteiger partial charge on any atom is 0.338 e. The van der Waals surface area contributed by atoms with Gasteiger partial charge in [-0.05, 0) is 25.5 Å². The first kappa shape index (κ1) is 14.4. The number of hydrogen-bond acceptors (Lipinski definition) is 4. The summed E-state index contributed by atoms with van der Waals surface area (Å²) in [6.07, 6.45) is 1.85. The Bertz CT molecular complexity index is 632. The minimum absolute atomic E-state index is 0.348. The largest absolute Gasteiger partial charge is 0.462 e. The molecule has 0 fully saturated rings. The highest BCUT2D eigenvalue weighted by Crippen LogP contribution is 2.25. The Hall–Kier alpha value is -2.04. The molecule has 5 nitrogen and oxygen atoms in total. The van der Waals surface area contributed by atoms with Crippen molar-refractivity contribution in [1.82, 2.24) is 9.55 Å². The Morgan fingerprint density at radius 3 is 2.70 bits per heavy atom. The zero-order valence-corrected chi connectivity index (χ0v) is 12.3. The molecule has 20 heavy (non-hydrogen) atoms. The number of carbonyl (C=O) groups is 1. The number of nitrogen functional groups attached to an aromatic ring is 1. The number of aromatic nitrogens is 2. The van der Waals surface area contributed by atoms with Crippen molar-refractivity contribution in [2.24, 2.45) is 0 Å². The highest BCUT2D eigenvalue weighted by atomic mass is 16.5. The van der Waals surface area contributed by atoms with Crippen LogP contribution in [0.1, 0.15) is 43.4 Å². The monoisotopic (exact) mass is 275 g/mol. The number of benzene rings is 1. The molecule has 0 unspecified atom stereocenters. The predicted octanol–water partition coefficient (Wildman–Crippen LogP) is 2.77. The van der Waals surface area contributed by atoms with Gasteiger partial charge >= 0.3 is 5.97 Å². The van der Waals surface area contributed by atoms with Gasteiger partial charge in [0.2, 0.25) is 0 Å². The van der Waals surface area contributed by atoms with Gasteiger partial charge in [-0.15, -0.1) is 0 Å². The SMILES string of the molecule is CCCn1c(CC)nc2cc(C(=O)OCC)cc(N)c21. The highest BCUT2D eigenvalue weighted by molar-refractivity contribution is 5.98. The van der Waals surface area contributed by atoms with Crippen LogP contribution in [0.5, 0.6) is 0 Å². The van der Waals surface area contributed by atoms with Gasteiger partial charge < -0.3 is 15.0 Å². The van der Waals surface area contributed by atoms with Crippen molar-refractivity contribution in [3.8, 4) is 0 Å². The van der Waals surface area contributed by atoms with E-state index in [1.807, 2.05) is 0 Å². The van der Waals surface area contributed by atoms with Crippen molar-refractivity contribution < 1.29 is 9.53 Å². The number of aryl methyl sites for hydroxylation is 2. The first-order valence-corrected chi connectivity index (χ1v) is 7.08. The fourth-order valence-corrected chi connectivity index (χ4v) is 2.42. The van der Waals surface area contributed by atoms with E-state index < -0.39 is 0 Å². The first-order valence-electron chi connectivity index (χ1n) is 7.08. The molecule has 0 spiro atoms. The first-order chi connectivity index (χ1) is 9.62. The van der Waals surface area contributed by atoms with Crippen LogP contribution in [0.3, 0.4) is 0 Å². The second-order valence-corrected chi connectivity index (χ2v) is 4.69. The second kappa shape index (κ2) is 5.94. The van der Waals surface area contributed by atoms with E-state index in [2.05, 4.69) is 23.4 Å². The van der Waals surface area contributed by atoms with Crippen molar-refractivity contribution in [2.75, 3.05) is 12.3 Å². The van der Waals surface area contributed by atoms with E-state index in [0.717, 1.165) is 36.2 Å². The number of esters is 1. The van der Waals surface area contributed by atoms with E-state index in [1.54, 1.807) is 19.1 Å². The predicted molar refractivity (Wildman–Crippen MR) is 79.8 cm³/mol. The molecule has 2 aromatic rings. The van der Waals surface area contributed by atoms with Crippen LogP contribution in [-0.2, 0) is 17.7 Å². The Labute approximate surface area is 118 Å². The average molecular weight is 275 g/mol. The number of fused-ring (bicyclic) bond motifs is 1. The number of nitrogens with zero attached hydrogens (tertiary/aromatic N) is 2. The van der Waals surface area contributed by atoms with Crippen LogP contribution in [0, 0.1) is 0 Å². The molecule has 0 aliphatic rings. The van der Waals surface area contributed by atoms with Gasteiger partial charge in [-0.1, -0.05) is 13.8 Å². The number of imidazole rings is 1. The third kappa shape index (κ3) is 2.48. The normalized spacial score (nSPS) is 10.9. The van der Waals surface area contributed by atoms with Gasteiger partial charge in [0, 0.05) is 13.0 Å². The van der Waals surface area contributed by atoms with Gasteiger partial charge in [0.25, 0.3) is 0 Å². The van der Waals surface area contributed by atoms with Crippen LogP contribution in [-0.4, -0.2) is 22.1 Å². The van der Waals surface area contributed by atoms with E-state index in [1.165, 1.54) is 0 Å². The fourth-order valence-electron chi connectivity index (χ4n) is 2.42. The van der Waals surface area contributed by atoms with Gasteiger partial charge in [0.1, 0.15) is 5.82 Å². The summed E-state index contributed by atoms with van der Waals surface area (Å²) in [5.41, 5.74) is 8.83. The lowest BCUT2D eigenvalue weighted by Crippen LogP contribution is -2.07. The third-order valence-corrected chi connectivity index (χ3v) is 3.22. The van der Waals surface area contributed by atoms with Crippen LogP contribution in [0.25, 0.3) is 11.0 Å². The number of anilines is 1. The lowest BCUT2D eigenvalue weighted by molar-refractivity contribution is 0.0526. The van der Waals surface area contributed by atoms with E-state index in [0.29, 0.717) is 17.9 Å². The molecule has 1 heterocycles. The Kier molecular flexibility index (Phi) is 4.27. The fraction of sp³-hybridized carbons (Fsp3) is 0.467. The van der Waals surface area contributed by atoms with Crippen LogP contribution in [0.2, 0.25) is 0 Å². The molecular formula is C15H21N3O2. The molecule has 0 bridgehead atoms. The van der Waals surface area contributed by atoms with E-state index in [9.17, 15) is 4.79 Å². The molecule has 0 amide bonds. The molecule has 0 saturated carbocycles. The Morgan fingerprint density at radius 1 is 1.35 bits per heavy atom. The standard InChI is InChI=1S/C15H21N3O2/c1-4-7-18-13(5-2)17-12-9-10(15(19)20-6-3)8-11(16)14(12)18/h8-9H,4-7,16H2,1-3H3. The maximum absolute atomic E-state index is 11.8. The van der Waals surface area contributed by atoms with Crippen LogP contribution >= 0.6 is 0 Å². The quantitative estimate of drug-likeness (QED) is 0.673. The van der Waals surface area contributed by atoms with E-state index >= 15 is 0 Å². The summed E-state index contributed by atoms with van der Waals surface area (Å²) in [6.45, 7) is 7.19. The maximum atomic E-state index is 11.8. The van der Waals surface area contributed by atoms with Gasteiger partial charge in [-0.2, -0.15) is 0 Å². The summed E-state index contributed by atoms with van der Waals surface area (Å²) >= 11 is 0. The van der Waals surface area contributed by atoms with E-state index in [-0.39, 0.29) is 5.97 Å². The molecule has 0 radical (unpaired) electrons. The van der Waals surface area contributed by atoms with Gasteiger partial charge in [0.05, 0.1) is 28.9 Å². The van der Waals surface area contributed by atoms with Crippen molar-refractivity contribution in [2.45, 2.75) is 40.2 Å². The van der Waals surface area contributed by atoms with Crippen LogP contribution < -0.4 is 5.73 Å². The average Bonchev–Trinajstić information content (AvgIpc) is 2.78. The van der Waals surface area contributed by atoms with E-state index in [4.69, 9.17) is 10.5 Å². The summed E-state index contributed by atoms with van der Waals surface area (Å²) in [5.74, 6) is 0.638. The number of rotatable bonds is 5. The molecule has 0 aliphatic carbocycles.